The van der Waals surface area contributed by atoms with E-state index in [1.165, 1.54) is 23.0 Å². The Labute approximate surface area is 184 Å². The highest BCUT2D eigenvalue weighted by Crippen LogP contribution is 2.23. The molecule has 0 aliphatic heterocycles. The van der Waals surface area contributed by atoms with E-state index in [-0.39, 0.29) is 11.6 Å². The third-order valence-electron chi connectivity index (χ3n) is 4.88. The molecule has 2 aromatic heterocycles. The molecule has 0 spiro atoms. The van der Waals surface area contributed by atoms with Gasteiger partial charge in [0.25, 0.3) is 11.6 Å². The number of hydrogen-bond acceptors (Lipinski definition) is 6. The fourth-order valence-corrected chi connectivity index (χ4v) is 3.19. The first kappa shape index (κ1) is 20.7. The number of pyridine rings is 1. The van der Waals surface area contributed by atoms with Crippen LogP contribution in [0.2, 0.25) is 0 Å². The van der Waals surface area contributed by atoms with Gasteiger partial charge in [-0.3, -0.25) is 14.9 Å². The Balaban J connectivity index is 1.53. The second kappa shape index (κ2) is 8.68. The van der Waals surface area contributed by atoms with E-state index >= 15 is 0 Å². The molecule has 9 nitrogen and oxygen atoms in total. The Morgan fingerprint density at radius 1 is 1.06 bits per heavy atom. The number of nitrogens with zero attached hydrogens (tertiary/aromatic N) is 5. The van der Waals surface area contributed by atoms with Crippen molar-refractivity contribution in [1.82, 2.24) is 14.8 Å². The summed E-state index contributed by atoms with van der Waals surface area (Å²) >= 11 is 0. The molecule has 0 saturated carbocycles. The third kappa shape index (κ3) is 4.31. The number of hydrogen-bond donors (Lipinski definition) is 1. The van der Waals surface area contributed by atoms with E-state index in [9.17, 15) is 14.9 Å². The van der Waals surface area contributed by atoms with Crippen LogP contribution in [0.15, 0.2) is 79.0 Å². The van der Waals surface area contributed by atoms with E-state index < -0.39 is 4.92 Å². The van der Waals surface area contributed by atoms with Crippen LogP contribution >= 0.6 is 0 Å². The lowest BCUT2D eigenvalue weighted by molar-refractivity contribution is -0.384. The number of nitro groups is 1. The summed E-state index contributed by atoms with van der Waals surface area (Å²) in [6.45, 7) is 1.80. The Kier molecular flexibility index (Phi) is 5.63. The van der Waals surface area contributed by atoms with Gasteiger partial charge in [-0.2, -0.15) is 5.10 Å². The number of carbonyl (C=O) groups is 1. The fraction of sp³-hybridized carbons (Fsp3) is 0.0870. The Hall–Kier alpha value is -4.53. The van der Waals surface area contributed by atoms with Crippen molar-refractivity contribution in [2.24, 2.45) is 0 Å². The number of benzene rings is 2. The molecular formula is C23H20N6O3. The van der Waals surface area contributed by atoms with Gasteiger partial charge in [0.2, 0.25) is 0 Å². The minimum Gasteiger partial charge on any atom is -0.329 e. The molecule has 160 valence electrons. The highest BCUT2D eigenvalue weighted by Gasteiger charge is 2.15. The van der Waals surface area contributed by atoms with E-state index in [0.717, 1.165) is 5.69 Å². The van der Waals surface area contributed by atoms with Gasteiger partial charge in [-0.25, -0.2) is 9.67 Å². The minimum atomic E-state index is -0.466. The lowest BCUT2D eigenvalue weighted by Gasteiger charge is -2.18. The molecule has 0 radical (unpaired) electrons. The predicted molar refractivity (Wildman–Crippen MR) is 122 cm³/mol. The number of aromatic nitrogens is 3. The van der Waals surface area contributed by atoms with Crippen molar-refractivity contribution in [3.05, 3.63) is 100 Å². The summed E-state index contributed by atoms with van der Waals surface area (Å²) in [6.07, 6.45) is 1.52. The number of carbonyl (C=O) groups excluding carboxylic acids is 1. The molecule has 0 unspecified atom stereocenters. The van der Waals surface area contributed by atoms with Crippen molar-refractivity contribution in [2.75, 3.05) is 17.3 Å². The highest BCUT2D eigenvalue weighted by molar-refractivity contribution is 6.03. The number of amides is 1. The number of para-hydroxylation sites is 1. The van der Waals surface area contributed by atoms with Crippen LogP contribution in [0, 0.1) is 17.0 Å². The van der Waals surface area contributed by atoms with Crippen LogP contribution < -0.4 is 10.2 Å². The van der Waals surface area contributed by atoms with Crippen LogP contribution in [0.3, 0.4) is 0 Å². The van der Waals surface area contributed by atoms with Crippen molar-refractivity contribution in [2.45, 2.75) is 6.92 Å². The zero-order valence-corrected chi connectivity index (χ0v) is 17.5. The van der Waals surface area contributed by atoms with E-state index in [0.29, 0.717) is 28.6 Å². The van der Waals surface area contributed by atoms with Gasteiger partial charge in [-0.1, -0.05) is 18.2 Å². The Bertz CT molecular complexity index is 1250. The molecule has 0 bridgehead atoms. The first-order valence-corrected chi connectivity index (χ1v) is 9.80. The van der Waals surface area contributed by atoms with Gasteiger partial charge < -0.3 is 10.2 Å². The second-order valence-corrected chi connectivity index (χ2v) is 7.11. The van der Waals surface area contributed by atoms with Crippen LogP contribution in [0.5, 0.6) is 0 Å². The van der Waals surface area contributed by atoms with Gasteiger partial charge in [0.15, 0.2) is 0 Å². The lowest BCUT2D eigenvalue weighted by Crippen LogP contribution is -2.16. The maximum atomic E-state index is 12.8. The van der Waals surface area contributed by atoms with Gasteiger partial charge in [0.05, 0.1) is 21.9 Å². The SMILES string of the molecule is Cc1cc(NC(=O)c2ccc(N(C)c3ccccc3)nc2)n(-c2ccc([N+](=O)[O-])cc2)n1. The molecule has 9 heteroatoms. The molecule has 0 aliphatic rings. The molecule has 2 aromatic carbocycles. The number of nitrogens with one attached hydrogen (secondary N) is 1. The topological polar surface area (TPSA) is 106 Å². The van der Waals surface area contributed by atoms with Crippen molar-refractivity contribution in [1.29, 1.82) is 0 Å². The second-order valence-electron chi connectivity index (χ2n) is 7.11. The van der Waals surface area contributed by atoms with Gasteiger partial charge in [0.1, 0.15) is 11.6 Å². The van der Waals surface area contributed by atoms with Crippen LogP contribution in [0.1, 0.15) is 16.1 Å². The number of rotatable bonds is 6. The van der Waals surface area contributed by atoms with Crippen molar-refractivity contribution >= 4 is 28.9 Å². The molecule has 4 aromatic rings. The maximum Gasteiger partial charge on any atom is 0.269 e. The van der Waals surface area contributed by atoms with Crippen LogP contribution in [0.4, 0.5) is 23.0 Å². The summed E-state index contributed by atoms with van der Waals surface area (Å²) in [7, 11) is 1.91. The van der Waals surface area contributed by atoms with Crippen molar-refractivity contribution in [3.8, 4) is 5.69 Å². The van der Waals surface area contributed by atoms with Gasteiger partial charge in [0, 0.05) is 37.1 Å². The first-order chi connectivity index (χ1) is 15.4. The van der Waals surface area contributed by atoms with E-state index in [2.05, 4.69) is 15.4 Å². The quantitative estimate of drug-likeness (QED) is 0.358. The number of aryl methyl sites for hydroxylation is 1. The highest BCUT2D eigenvalue weighted by atomic mass is 16.6. The van der Waals surface area contributed by atoms with Crippen molar-refractivity contribution in [3.63, 3.8) is 0 Å². The van der Waals surface area contributed by atoms with Crippen LogP contribution in [-0.2, 0) is 0 Å². The molecule has 4 rings (SSSR count). The van der Waals surface area contributed by atoms with E-state index in [1.54, 1.807) is 37.3 Å². The lowest BCUT2D eigenvalue weighted by atomic mass is 10.2. The summed E-state index contributed by atoms with van der Waals surface area (Å²) in [5, 5.41) is 18.1. The standard InChI is InChI=1S/C23H20N6O3/c1-16-14-22(28(26-16)19-9-11-20(12-10-19)29(31)32)25-23(30)17-8-13-21(24-15-17)27(2)18-6-4-3-5-7-18/h3-15H,1-2H3,(H,25,30). The molecule has 1 N–H and O–H groups in total. The predicted octanol–water partition coefficient (Wildman–Crippen LogP) is 4.50. The number of anilines is 3. The molecule has 32 heavy (non-hydrogen) atoms. The van der Waals surface area contributed by atoms with E-state index in [1.807, 2.05) is 42.3 Å². The largest absolute Gasteiger partial charge is 0.329 e. The van der Waals surface area contributed by atoms with Crippen LogP contribution in [0.25, 0.3) is 5.69 Å². The third-order valence-corrected chi connectivity index (χ3v) is 4.88. The summed E-state index contributed by atoms with van der Waals surface area (Å²) in [5.74, 6) is 0.820. The average Bonchev–Trinajstić information content (AvgIpc) is 3.19. The summed E-state index contributed by atoms with van der Waals surface area (Å²) in [6, 6.07) is 20.9. The summed E-state index contributed by atoms with van der Waals surface area (Å²) in [5.41, 5.74) is 2.65. The smallest absolute Gasteiger partial charge is 0.269 e. The monoisotopic (exact) mass is 428 g/mol. The molecular weight excluding hydrogens is 408 g/mol. The normalized spacial score (nSPS) is 10.6. The number of nitro benzene ring substituents is 1. The fourth-order valence-electron chi connectivity index (χ4n) is 3.19. The van der Waals surface area contributed by atoms with Crippen LogP contribution in [-0.4, -0.2) is 32.6 Å². The summed E-state index contributed by atoms with van der Waals surface area (Å²) in [4.78, 5) is 29.6. The maximum absolute atomic E-state index is 12.8. The molecule has 0 saturated heterocycles. The zero-order chi connectivity index (χ0) is 22.7. The molecule has 0 atom stereocenters. The molecule has 0 aliphatic carbocycles. The molecule has 2 heterocycles. The Morgan fingerprint density at radius 2 is 1.78 bits per heavy atom. The van der Waals surface area contributed by atoms with E-state index in [4.69, 9.17) is 0 Å². The Morgan fingerprint density at radius 3 is 2.41 bits per heavy atom. The van der Waals surface area contributed by atoms with Gasteiger partial charge >= 0.3 is 0 Å². The molecule has 1 amide bonds. The summed E-state index contributed by atoms with van der Waals surface area (Å²) < 4.78 is 1.53. The minimum absolute atomic E-state index is 0.0187. The van der Waals surface area contributed by atoms with Crippen molar-refractivity contribution < 1.29 is 9.72 Å². The number of non-ortho nitro benzene ring substituents is 1. The zero-order valence-electron chi connectivity index (χ0n) is 17.5. The first-order valence-electron chi connectivity index (χ1n) is 9.80. The molecule has 0 fully saturated rings. The van der Waals surface area contributed by atoms with Gasteiger partial charge in [-0.05, 0) is 43.3 Å². The average molecular weight is 428 g/mol. The van der Waals surface area contributed by atoms with Gasteiger partial charge in [-0.15, -0.1) is 0 Å².